The fraction of sp³-hybridized carbons (Fsp3) is 0.500. The first-order valence-corrected chi connectivity index (χ1v) is 4.96. The van der Waals surface area contributed by atoms with Gasteiger partial charge in [0, 0.05) is 11.1 Å². The van der Waals surface area contributed by atoms with E-state index in [2.05, 4.69) is 11.9 Å². The van der Waals surface area contributed by atoms with Crippen LogP contribution in [0.25, 0.3) is 0 Å². The van der Waals surface area contributed by atoms with Gasteiger partial charge in [-0.25, -0.2) is 4.98 Å². The van der Waals surface area contributed by atoms with Crippen LogP contribution < -0.4 is 0 Å². The Balaban J connectivity index is 3.35. The monoisotopic (exact) mass is 278 g/mol. The second-order valence-corrected chi connectivity index (χ2v) is 4.20. The molecule has 0 bridgehead atoms. The number of rotatable bonds is 2. The molecule has 0 aliphatic carbocycles. The third-order valence-corrected chi connectivity index (χ3v) is 3.10. The number of hydrogen-bond acceptors (Lipinski definition) is 3. The van der Waals surface area contributed by atoms with Crippen LogP contribution in [0.1, 0.15) is 9.88 Å². The molecule has 1 radical (unpaired) electrons. The van der Waals surface area contributed by atoms with Crippen molar-refractivity contribution in [1.29, 1.82) is 0 Å². The minimum Gasteiger partial charge on any atom is -0.368 e. The summed E-state index contributed by atoms with van der Waals surface area (Å²) >= 11 is 0.130. The minimum atomic E-state index is -5.89. The van der Waals surface area contributed by atoms with Gasteiger partial charge in [-0.1, -0.05) is 0 Å². The van der Waals surface area contributed by atoms with Crippen LogP contribution in [0.15, 0.2) is 6.20 Å². The van der Waals surface area contributed by atoms with Crippen molar-refractivity contribution in [3.8, 4) is 0 Å². The zero-order valence-corrected chi connectivity index (χ0v) is 8.88. The molecule has 1 rings (SSSR count). The van der Waals surface area contributed by atoms with Crippen LogP contribution in [-0.4, -0.2) is 22.4 Å². The molecule has 0 fully saturated rings. The van der Waals surface area contributed by atoms with Crippen LogP contribution in [0, 0.1) is 6.92 Å². The average Bonchev–Trinajstić information content (AvgIpc) is 2.61. The molecule has 0 unspecified atom stereocenters. The average molecular weight is 278 g/mol. The number of hydrogen-bond donors (Lipinski definition) is 1. The molecule has 1 heterocycles. The van der Waals surface area contributed by atoms with E-state index in [0.717, 1.165) is 6.20 Å². The Hall–Kier alpha value is -0.830. The molecular weight excluding hydrogens is 272 g/mol. The molecule has 0 aromatic carbocycles. The highest BCUT2D eigenvalue weighted by Crippen LogP contribution is 2.50. The zero-order valence-electron chi connectivity index (χ0n) is 8.06. The highest BCUT2D eigenvalue weighted by molar-refractivity contribution is 7.11. The molecule has 0 saturated carbocycles. The summed E-state index contributed by atoms with van der Waals surface area (Å²) in [6, 6.07) is 0. The lowest BCUT2D eigenvalue weighted by Gasteiger charge is -2.30. The Bertz CT molecular complexity index is 381. The number of nitrogens with zero attached hydrogens (tertiary/aromatic N) is 1. The van der Waals surface area contributed by atoms with Gasteiger partial charge in [-0.05, 0) is 13.3 Å². The van der Waals surface area contributed by atoms with Crippen molar-refractivity contribution in [2.24, 2.45) is 0 Å². The lowest BCUT2D eigenvalue weighted by molar-refractivity contribution is -0.376. The van der Waals surface area contributed by atoms with Crippen LogP contribution in [0.4, 0.5) is 26.3 Å². The van der Waals surface area contributed by atoms with E-state index in [9.17, 15) is 26.3 Å². The maximum atomic E-state index is 12.4. The number of alkyl halides is 6. The van der Waals surface area contributed by atoms with E-state index in [1.165, 1.54) is 0 Å². The van der Waals surface area contributed by atoms with Gasteiger partial charge < -0.3 is 5.11 Å². The molecule has 9 heteroatoms. The summed E-state index contributed by atoms with van der Waals surface area (Å²) in [5, 5.41) is 7.49. The Morgan fingerprint density at radius 1 is 1.18 bits per heavy atom. The normalized spacial score (nSPS) is 14.1. The Labute approximate surface area is 95.9 Å². The van der Waals surface area contributed by atoms with E-state index >= 15 is 0 Å². The fourth-order valence-electron chi connectivity index (χ4n) is 0.994. The molecule has 17 heavy (non-hydrogen) atoms. The molecule has 97 valence electrons. The van der Waals surface area contributed by atoms with Crippen molar-refractivity contribution in [2.45, 2.75) is 24.4 Å². The summed E-state index contributed by atoms with van der Waals surface area (Å²) in [5.41, 5.74) is -4.93. The van der Waals surface area contributed by atoms with Gasteiger partial charge in [0.15, 0.2) is 0 Å². The van der Waals surface area contributed by atoms with Gasteiger partial charge in [0.05, 0.1) is 0 Å². The maximum Gasteiger partial charge on any atom is 0.433 e. The molecule has 0 saturated heterocycles. The molecule has 1 aromatic heterocycles. The van der Waals surface area contributed by atoms with Gasteiger partial charge in [0.1, 0.15) is 5.01 Å². The molecule has 0 aliphatic heterocycles. The summed E-state index contributed by atoms with van der Waals surface area (Å²) in [4.78, 5) is 3.10. The number of halogens is 6. The van der Waals surface area contributed by atoms with Gasteiger partial charge in [-0.3, -0.25) is 0 Å². The third-order valence-electron chi connectivity index (χ3n) is 1.93. The summed E-state index contributed by atoms with van der Waals surface area (Å²) in [7, 11) is 0. The van der Waals surface area contributed by atoms with E-state index in [1.807, 2.05) is 0 Å². The van der Waals surface area contributed by atoms with Gasteiger partial charge in [0.25, 0.3) is 0 Å². The van der Waals surface area contributed by atoms with Crippen molar-refractivity contribution < 1.29 is 31.4 Å². The highest BCUT2D eigenvalue weighted by Gasteiger charge is 2.73. The topological polar surface area (TPSA) is 33.1 Å². The molecule has 0 aliphatic rings. The van der Waals surface area contributed by atoms with E-state index in [1.54, 1.807) is 0 Å². The quantitative estimate of drug-likeness (QED) is 0.844. The summed E-state index contributed by atoms with van der Waals surface area (Å²) in [6.07, 6.45) is -11.0. The Kier molecular flexibility index (Phi) is 3.45. The van der Waals surface area contributed by atoms with Crippen molar-refractivity contribution in [3.63, 3.8) is 0 Å². The first kappa shape index (κ1) is 14.2. The molecule has 0 amide bonds. The van der Waals surface area contributed by atoms with Crippen LogP contribution in [0.2, 0.25) is 0 Å². The van der Waals surface area contributed by atoms with Crippen LogP contribution in [0.3, 0.4) is 0 Å². The molecular formula is C8H6F6NOS. The lowest BCUT2D eigenvalue weighted by atomic mass is 10.0. The Morgan fingerprint density at radius 3 is 1.94 bits per heavy atom. The SMILES string of the molecule is [CH2]Cc1cnc(C(O)(C(F)(F)F)C(F)(F)F)s1. The highest BCUT2D eigenvalue weighted by atomic mass is 32.1. The number of aromatic nitrogens is 1. The standard InChI is InChI=1S/C8H6F6NOS/c1-2-4-3-15-5(17-4)6(16,7(9,10)11)8(12,13)14/h3,16H,1-2H2. The second-order valence-electron chi connectivity index (χ2n) is 3.09. The number of thiazole rings is 1. The van der Waals surface area contributed by atoms with Crippen molar-refractivity contribution in [1.82, 2.24) is 4.98 Å². The van der Waals surface area contributed by atoms with Crippen molar-refractivity contribution in [2.75, 3.05) is 0 Å². The van der Waals surface area contributed by atoms with Crippen LogP contribution in [0.5, 0.6) is 0 Å². The molecule has 0 spiro atoms. The summed E-state index contributed by atoms with van der Waals surface area (Å²) in [5.74, 6) is 0. The Morgan fingerprint density at radius 2 is 1.65 bits per heavy atom. The molecule has 2 nitrogen and oxygen atoms in total. The van der Waals surface area contributed by atoms with Gasteiger partial charge in [-0.15, -0.1) is 11.3 Å². The first-order chi connectivity index (χ1) is 7.54. The number of aliphatic hydroxyl groups is 1. The first-order valence-electron chi connectivity index (χ1n) is 4.14. The largest absolute Gasteiger partial charge is 0.433 e. The smallest absolute Gasteiger partial charge is 0.368 e. The minimum absolute atomic E-state index is 0.0105. The predicted octanol–water partition coefficient (Wildman–Crippen LogP) is 2.83. The van der Waals surface area contributed by atoms with Crippen LogP contribution in [-0.2, 0) is 12.0 Å². The van der Waals surface area contributed by atoms with E-state index in [-0.39, 0.29) is 22.6 Å². The molecule has 1 N–H and O–H groups in total. The molecule has 0 atom stereocenters. The van der Waals surface area contributed by atoms with E-state index in [0.29, 0.717) is 0 Å². The zero-order chi connectivity index (χ0) is 13.5. The van der Waals surface area contributed by atoms with E-state index < -0.39 is 23.0 Å². The van der Waals surface area contributed by atoms with Crippen molar-refractivity contribution in [3.05, 3.63) is 23.0 Å². The second kappa shape index (κ2) is 4.13. The predicted molar refractivity (Wildman–Crippen MR) is 47.2 cm³/mol. The lowest BCUT2D eigenvalue weighted by Crippen LogP contribution is -2.53. The van der Waals surface area contributed by atoms with E-state index in [4.69, 9.17) is 5.11 Å². The van der Waals surface area contributed by atoms with Gasteiger partial charge in [0.2, 0.25) is 0 Å². The maximum absolute atomic E-state index is 12.4. The van der Waals surface area contributed by atoms with Gasteiger partial charge in [-0.2, -0.15) is 26.3 Å². The van der Waals surface area contributed by atoms with Crippen LogP contribution >= 0.6 is 11.3 Å². The molecule has 1 aromatic rings. The summed E-state index contributed by atoms with van der Waals surface area (Å²) < 4.78 is 74.3. The van der Waals surface area contributed by atoms with Gasteiger partial charge >= 0.3 is 18.0 Å². The van der Waals surface area contributed by atoms with Crippen molar-refractivity contribution >= 4 is 11.3 Å². The third kappa shape index (κ3) is 2.25. The fourth-order valence-corrected chi connectivity index (χ4v) is 1.93. The summed E-state index contributed by atoms with van der Waals surface area (Å²) in [6.45, 7) is 3.30.